The van der Waals surface area contributed by atoms with Gasteiger partial charge in [0, 0.05) is 24.2 Å². The number of piperidine rings is 1. The van der Waals surface area contributed by atoms with Gasteiger partial charge in [0.1, 0.15) is 17.1 Å². The molecule has 1 aliphatic heterocycles. The summed E-state index contributed by atoms with van der Waals surface area (Å²) in [7, 11) is -2.46. The number of ether oxygens (including phenoxy) is 1. The van der Waals surface area contributed by atoms with Gasteiger partial charge < -0.3 is 4.74 Å². The molecule has 12 heteroatoms. The molecule has 0 bridgehead atoms. The third kappa shape index (κ3) is 6.56. The number of Topliss-reactive ketones (excluding diaryl/α,β-unsaturated/α-hetero) is 1. The second-order valence-corrected chi connectivity index (χ2v) is 12.2. The van der Waals surface area contributed by atoms with Crippen LogP contribution in [0.3, 0.4) is 0 Å². The Balaban J connectivity index is 1.31. The molecule has 1 saturated heterocycles. The van der Waals surface area contributed by atoms with Crippen LogP contribution < -0.4 is 4.74 Å². The first-order valence-corrected chi connectivity index (χ1v) is 15.3. The summed E-state index contributed by atoms with van der Waals surface area (Å²) in [6, 6.07) is 25.8. The summed E-state index contributed by atoms with van der Waals surface area (Å²) >= 11 is 0. The van der Waals surface area contributed by atoms with Crippen LogP contribution >= 0.6 is 0 Å². The Kier molecular flexibility index (Phi) is 8.26. The normalized spacial score (nSPS) is 16.1. The van der Waals surface area contributed by atoms with Crippen LogP contribution in [0.2, 0.25) is 0 Å². The Bertz CT molecular complexity index is 1830. The van der Waals surface area contributed by atoms with Crippen molar-refractivity contribution in [3.63, 3.8) is 0 Å². The molecule has 1 fully saturated rings. The van der Waals surface area contributed by atoms with E-state index >= 15 is 0 Å². The molecule has 3 heterocycles. The second kappa shape index (κ2) is 12.6. The van der Waals surface area contributed by atoms with Crippen LogP contribution in [0.4, 0.5) is 0 Å². The molecule has 0 N–H and O–H groups in total. The van der Waals surface area contributed by atoms with Gasteiger partial charge in [-0.05, 0) is 47.5 Å². The first kappa shape index (κ1) is 28.9. The zero-order chi connectivity index (χ0) is 30.5. The van der Waals surface area contributed by atoms with Crippen LogP contribution in [0.15, 0.2) is 113 Å². The van der Waals surface area contributed by atoms with E-state index in [0.29, 0.717) is 30.2 Å². The Labute approximate surface area is 254 Å². The predicted octanol–water partition coefficient (Wildman–Crippen LogP) is 3.72. The number of carbonyl (C=O) groups is 1. The fourth-order valence-electron chi connectivity index (χ4n) is 4.89. The number of ketones is 1. The number of nitrogens with zero attached hydrogens (tertiary/aromatic N) is 7. The van der Waals surface area contributed by atoms with Crippen molar-refractivity contribution in [2.75, 3.05) is 20.2 Å². The van der Waals surface area contributed by atoms with Crippen molar-refractivity contribution in [2.24, 2.45) is 0 Å². The molecule has 5 aromatic rings. The smallest absolute Gasteiger partial charge is 0.243 e. The molecule has 0 amide bonds. The lowest BCUT2D eigenvalue weighted by molar-refractivity contribution is -0.113. The van der Waals surface area contributed by atoms with Gasteiger partial charge >= 0.3 is 0 Å². The van der Waals surface area contributed by atoms with Crippen LogP contribution in [0, 0.1) is 0 Å². The minimum absolute atomic E-state index is 0.0916. The molecule has 222 valence electrons. The van der Waals surface area contributed by atoms with Gasteiger partial charge in [0.05, 0.1) is 37.5 Å². The van der Waals surface area contributed by atoms with Gasteiger partial charge in [-0.15, -0.1) is 10.2 Å². The maximum absolute atomic E-state index is 13.8. The SMILES string of the molecule is COc1ccc(S(=O)(=O)N2CC(=Cc3cn(Cc4ccccc4)nn3)C(=O)C(=Cc3cn(Cc4ccccc4)nn3)C2)cc1. The van der Waals surface area contributed by atoms with Gasteiger partial charge in [-0.3, -0.25) is 4.79 Å². The molecule has 0 radical (unpaired) electrons. The fraction of sp³-hybridized carbons (Fsp3) is 0.156. The number of aromatic nitrogens is 6. The van der Waals surface area contributed by atoms with Crippen molar-refractivity contribution >= 4 is 28.0 Å². The van der Waals surface area contributed by atoms with E-state index in [0.717, 1.165) is 11.1 Å². The van der Waals surface area contributed by atoms with Gasteiger partial charge in [0.25, 0.3) is 0 Å². The molecule has 0 atom stereocenters. The summed E-state index contributed by atoms with van der Waals surface area (Å²) in [5, 5.41) is 16.8. The van der Waals surface area contributed by atoms with E-state index in [1.54, 1.807) is 46.0 Å². The quantitative estimate of drug-likeness (QED) is 0.232. The molecule has 11 nitrogen and oxygen atoms in total. The van der Waals surface area contributed by atoms with Crippen LogP contribution in [-0.2, 0) is 27.9 Å². The highest BCUT2D eigenvalue weighted by atomic mass is 32.2. The third-order valence-electron chi connectivity index (χ3n) is 7.11. The van der Waals surface area contributed by atoms with E-state index in [1.807, 2.05) is 60.7 Å². The van der Waals surface area contributed by atoms with Crippen LogP contribution in [-0.4, -0.2) is 68.7 Å². The number of hydrogen-bond donors (Lipinski definition) is 0. The van der Waals surface area contributed by atoms with Gasteiger partial charge in [-0.25, -0.2) is 17.8 Å². The zero-order valence-corrected chi connectivity index (χ0v) is 24.7. The topological polar surface area (TPSA) is 125 Å². The predicted molar refractivity (Wildman–Crippen MR) is 164 cm³/mol. The van der Waals surface area contributed by atoms with E-state index in [9.17, 15) is 13.2 Å². The van der Waals surface area contributed by atoms with E-state index in [2.05, 4.69) is 20.6 Å². The molecular weight excluding hydrogens is 578 g/mol. The lowest BCUT2D eigenvalue weighted by atomic mass is 9.97. The van der Waals surface area contributed by atoms with E-state index in [-0.39, 0.29) is 34.9 Å². The maximum atomic E-state index is 13.8. The molecular formula is C32H29N7O4S. The van der Waals surface area contributed by atoms with Gasteiger partial charge in [-0.1, -0.05) is 71.1 Å². The Morgan fingerprint density at radius 2 is 1.20 bits per heavy atom. The highest BCUT2D eigenvalue weighted by molar-refractivity contribution is 7.89. The molecule has 3 aromatic carbocycles. The van der Waals surface area contributed by atoms with Crippen molar-refractivity contribution in [3.8, 4) is 5.75 Å². The number of carbonyl (C=O) groups excluding carboxylic acids is 1. The summed E-state index contributed by atoms with van der Waals surface area (Å²) < 4.78 is 37.3. The number of methoxy groups -OCH3 is 1. The number of rotatable bonds is 9. The standard InChI is InChI=1S/C32H29N7O4S/c1-43-30-12-14-31(15-13-30)44(41,42)39-20-26(16-28-22-37(35-33-28)18-24-8-4-2-5-9-24)32(40)27(21-39)17-29-23-38(36-34-29)19-25-10-6-3-7-11-25/h2-17,22-23H,18-21H2,1H3. The molecule has 1 aliphatic rings. The summed E-state index contributed by atoms with van der Waals surface area (Å²) in [6.07, 6.45) is 6.63. The Hall–Kier alpha value is -5.20. The van der Waals surface area contributed by atoms with Crippen molar-refractivity contribution in [2.45, 2.75) is 18.0 Å². The van der Waals surface area contributed by atoms with Crippen LogP contribution in [0.1, 0.15) is 22.5 Å². The highest BCUT2D eigenvalue weighted by Crippen LogP contribution is 2.27. The van der Waals surface area contributed by atoms with Crippen LogP contribution in [0.25, 0.3) is 12.2 Å². The van der Waals surface area contributed by atoms with Crippen molar-refractivity contribution in [1.29, 1.82) is 0 Å². The molecule has 0 spiro atoms. The van der Waals surface area contributed by atoms with E-state index in [4.69, 9.17) is 4.74 Å². The van der Waals surface area contributed by atoms with Crippen LogP contribution in [0.5, 0.6) is 5.75 Å². The molecule has 0 unspecified atom stereocenters. The summed E-state index contributed by atoms with van der Waals surface area (Å²) in [4.78, 5) is 13.8. The molecule has 2 aromatic heterocycles. The lowest BCUT2D eigenvalue weighted by Crippen LogP contribution is -2.41. The highest BCUT2D eigenvalue weighted by Gasteiger charge is 2.34. The van der Waals surface area contributed by atoms with Crippen molar-refractivity contribution in [3.05, 3.63) is 131 Å². The molecule has 44 heavy (non-hydrogen) atoms. The average Bonchev–Trinajstić information content (AvgIpc) is 3.68. The summed E-state index contributed by atoms with van der Waals surface area (Å²) in [6.45, 7) is 0.757. The molecule has 0 saturated carbocycles. The first-order chi connectivity index (χ1) is 21.4. The zero-order valence-electron chi connectivity index (χ0n) is 23.9. The van der Waals surface area contributed by atoms with Crippen molar-refractivity contribution < 1.29 is 17.9 Å². The summed E-state index contributed by atoms with van der Waals surface area (Å²) in [5.74, 6) is 0.248. The number of hydrogen-bond acceptors (Lipinski definition) is 8. The summed E-state index contributed by atoms with van der Waals surface area (Å²) in [5.41, 5.74) is 3.52. The van der Waals surface area contributed by atoms with Gasteiger partial charge in [0.2, 0.25) is 10.0 Å². The number of sulfonamides is 1. The number of benzene rings is 3. The largest absolute Gasteiger partial charge is 0.497 e. The molecule has 0 aliphatic carbocycles. The van der Waals surface area contributed by atoms with Gasteiger partial charge in [0.15, 0.2) is 5.78 Å². The van der Waals surface area contributed by atoms with E-state index < -0.39 is 10.0 Å². The third-order valence-corrected chi connectivity index (χ3v) is 8.91. The average molecular weight is 608 g/mol. The first-order valence-electron chi connectivity index (χ1n) is 13.9. The lowest BCUT2D eigenvalue weighted by Gasteiger charge is -2.29. The Morgan fingerprint density at radius 3 is 1.66 bits per heavy atom. The van der Waals surface area contributed by atoms with E-state index in [1.165, 1.54) is 23.5 Å². The minimum Gasteiger partial charge on any atom is -0.497 e. The second-order valence-electron chi connectivity index (χ2n) is 10.3. The maximum Gasteiger partial charge on any atom is 0.243 e. The minimum atomic E-state index is -3.97. The molecule has 6 rings (SSSR count). The fourth-order valence-corrected chi connectivity index (χ4v) is 6.28. The van der Waals surface area contributed by atoms with Crippen molar-refractivity contribution in [1.82, 2.24) is 34.3 Å². The monoisotopic (exact) mass is 607 g/mol. The Morgan fingerprint density at radius 1 is 0.727 bits per heavy atom. The van der Waals surface area contributed by atoms with Gasteiger partial charge in [-0.2, -0.15) is 4.31 Å².